The van der Waals surface area contributed by atoms with Crippen LogP contribution in [0.3, 0.4) is 0 Å². The first-order chi connectivity index (χ1) is 9.15. The van der Waals surface area contributed by atoms with Crippen LogP contribution in [-0.4, -0.2) is 52.6 Å². The molecule has 2 unspecified atom stereocenters. The molecule has 19 heavy (non-hydrogen) atoms. The zero-order valence-corrected chi connectivity index (χ0v) is 11.3. The second-order valence-electron chi connectivity index (χ2n) is 6.25. The minimum absolute atomic E-state index is 0.149. The maximum absolute atomic E-state index is 12.4. The number of likely N-dealkylation sites (tertiary alicyclic amines) is 2. The average Bonchev–Trinajstić information content (AvgIpc) is 2.76. The topological polar surface area (TPSA) is 60.9 Å². The third-order valence-electron chi connectivity index (χ3n) is 4.95. The number of aliphatic carboxylic acids is 1. The van der Waals surface area contributed by atoms with Gasteiger partial charge in [0.25, 0.3) is 0 Å². The molecule has 2 amide bonds. The van der Waals surface area contributed by atoms with E-state index < -0.39 is 5.97 Å². The van der Waals surface area contributed by atoms with Crippen LogP contribution in [0.25, 0.3) is 0 Å². The molecule has 5 nitrogen and oxygen atoms in total. The maximum Gasteiger partial charge on any atom is 0.320 e. The molecule has 3 fully saturated rings. The van der Waals surface area contributed by atoms with E-state index in [4.69, 9.17) is 5.11 Å². The van der Waals surface area contributed by atoms with Crippen LogP contribution in [0.2, 0.25) is 0 Å². The van der Waals surface area contributed by atoms with Crippen LogP contribution in [0.1, 0.15) is 38.5 Å². The average molecular weight is 266 g/mol. The zero-order valence-electron chi connectivity index (χ0n) is 11.3. The number of amides is 2. The van der Waals surface area contributed by atoms with Gasteiger partial charge in [-0.05, 0) is 25.2 Å². The zero-order chi connectivity index (χ0) is 13.4. The number of carbonyl (C=O) groups excluding carboxylic acids is 1. The standard InChI is InChI=1S/C14H22N2O3/c17-13(18)7-10-8-15(9-10)14(19)16-6-5-11-3-1-2-4-12(11)16/h10-12H,1-9H2,(H,17,18). The van der Waals surface area contributed by atoms with Crippen molar-refractivity contribution in [2.24, 2.45) is 11.8 Å². The molecule has 2 heterocycles. The van der Waals surface area contributed by atoms with E-state index in [2.05, 4.69) is 4.90 Å². The van der Waals surface area contributed by atoms with Gasteiger partial charge in [0, 0.05) is 31.6 Å². The molecule has 2 saturated heterocycles. The summed E-state index contributed by atoms with van der Waals surface area (Å²) in [5, 5.41) is 8.73. The monoisotopic (exact) mass is 266 g/mol. The highest BCUT2D eigenvalue weighted by Crippen LogP contribution is 2.37. The Labute approximate surface area is 113 Å². The fraction of sp³-hybridized carbons (Fsp3) is 0.857. The number of nitrogens with zero attached hydrogens (tertiary/aromatic N) is 2. The molecule has 0 spiro atoms. The Hall–Kier alpha value is -1.26. The number of hydrogen-bond acceptors (Lipinski definition) is 2. The van der Waals surface area contributed by atoms with Crippen molar-refractivity contribution in [3.63, 3.8) is 0 Å². The number of hydrogen-bond donors (Lipinski definition) is 1. The Balaban J connectivity index is 1.53. The van der Waals surface area contributed by atoms with Gasteiger partial charge in [0.2, 0.25) is 0 Å². The number of carboxylic acids is 1. The van der Waals surface area contributed by atoms with Crippen molar-refractivity contribution in [2.75, 3.05) is 19.6 Å². The van der Waals surface area contributed by atoms with Crippen LogP contribution < -0.4 is 0 Å². The normalized spacial score (nSPS) is 30.9. The van der Waals surface area contributed by atoms with Gasteiger partial charge in [0.1, 0.15) is 0 Å². The van der Waals surface area contributed by atoms with Crippen LogP contribution in [0.15, 0.2) is 0 Å². The number of urea groups is 1. The summed E-state index contributed by atoms with van der Waals surface area (Å²) in [6.45, 7) is 2.15. The largest absolute Gasteiger partial charge is 0.481 e. The molecule has 1 aliphatic carbocycles. The quantitative estimate of drug-likeness (QED) is 0.828. The second-order valence-corrected chi connectivity index (χ2v) is 6.25. The van der Waals surface area contributed by atoms with E-state index in [1.807, 2.05) is 4.90 Å². The molecule has 106 valence electrons. The fourth-order valence-corrected chi connectivity index (χ4v) is 3.93. The molecule has 3 aliphatic rings. The predicted molar refractivity (Wildman–Crippen MR) is 69.8 cm³/mol. The molecule has 5 heteroatoms. The SMILES string of the molecule is O=C(O)CC1CN(C(=O)N2CCC3CCCCC32)C1. The Kier molecular flexibility index (Phi) is 3.37. The smallest absolute Gasteiger partial charge is 0.320 e. The molecule has 0 bridgehead atoms. The summed E-state index contributed by atoms with van der Waals surface area (Å²) in [6.07, 6.45) is 6.33. The van der Waals surface area contributed by atoms with E-state index in [9.17, 15) is 9.59 Å². The van der Waals surface area contributed by atoms with Crippen molar-refractivity contribution in [3.8, 4) is 0 Å². The highest BCUT2D eigenvalue weighted by molar-refractivity contribution is 5.76. The van der Waals surface area contributed by atoms with Crippen LogP contribution in [0, 0.1) is 11.8 Å². The second kappa shape index (κ2) is 5.02. The number of rotatable bonds is 2. The lowest BCUT2D eigenvalue weighted by Crippen LogP contribution is -2.56. The Morgan fingerprint density at radius 3 is 2.58 bits per heavy atom. The van der Waals surface area contributed by atoms with Gasteiger partial charge in [0.05, 0.1) is 6.42 Å². The minimum atomic E-state index is -0.759. The lowest BCUT2D eigenvalue weighted by Gasteiger charge is -2.43. The van der Waals surface area contributed by atoms with Gasteiger partial charge >= 0.3 is 12.0 Å². The summed E-state index contributed by atoms with van der Waals surface area (Å²) in [6, 6.07) is 0.607. The fourth-order valence-electron chi connectivity index (χ4n) is 3.93. The first kappa shape index (κ1) is 12.8. The molecule has 2 atom stereocenters. The summed E-state index contributed by atoms with van der Waals surface area (Å²) < 4.78 is 0. The highest BCUT2D eigenvalue weighted by Gasteiger charge is 2.42. The first-order valence-electron chi connectivity index (χ1n) is 7.42. The molecular formula is C14H22N2O3. The molecule has 1 N–H and O–H groups in total. The van der Waals surface area contributed by atoms with Gasteiger partial charge in [-0.25, -0.2) is 4.79 Å². The number of carboxylic acid groups (broad SMARTS) is 1. The van der Waals surface area contributed by atoms with Crippen LogP contribution in [-0.2, 0) is 4.79 Å². The summed E-state index contributed by atoms with van der Waals surface area (Å²) in [7, 11) is 0. The molecular weight excluding hydrogens is 244 g/mol. The number of carbonyl (C=O) groups is 2. The van der Waals surface area contributed by atoms with E-state index in [-0.39, 0.29) is 18.4 Å². The third kappa shape index (κ3) is 2.42. The van der Waals surface area contributed by atoms with Crippen LogP contribution >= 0.6 is 0 Å². The lowest BCUT2D eigenvalue weighted by atomic mass is 9.85. The first-order valence-corrected chi connectivity index (χ1v) is 7.42. The van der Waals surface area contributed by atoms with Gasteiger partial charge in [0.15, 0.2) is 0 Å². The van der Waals surface area contributed by atoms with Gasteiger partial charge in [-0.2, -0.15) is 0 Å². The molecule has 1 saturated carbocycles. The summed E-state index contributed by atoms with van der Waals surface area (Å²) >= 11 is 0. The van der Waals surface area contributed by atoms with Crippen molar-refractivity contribution in [1.29, 1.82) is 0 Å². The maximum atomic E-state index is 12.4. The summed E-state index contributed by atoms with van der Waals surface area (Å²) in [4.78, 5) is 26.9. The lowest BCUT2D eigenvalue weighted by molar-refractivity contribution is -0.139. The Bertz CT molecular complexity index is 379. The summed E-state index contributed by atoms with van der Waals surface area (Å²) in [5.74, 6) is 0.116. The van der Waals surface area contributed by atoms with E-state index in [1.54, 1.807) is 0 Å². The molecule has 0 aromatic carbocycles. The molecule has 0 radical (unpaired) electrons. The van der Waals surface area contributed by atoms with E-state index in [0.717, 1.165) is 19.4 Å². The third-order valence-corrected chi connectivity index (χ3v) is 4.95. The van der Waals surface area contributed by atoms with Gasteiger partial charge in [-0.15, -0.1) is 0 Å². The summed E-state index contributed by atoms with van der Waals surface area (Å²) in [5.41, 5.74) is 0. The van der Waals surface area contributed by atoms with Crippen LogP contribution in [0.4, 0.5) is 4.79 Å². The van der Waals surface area contributed by atoms with Gasteiger partial charge < -0.3 is 14.9 Å². The molecule has 2 aliphatic heterocycles. The minimum Gasteiger partial charge on any atom is -0.481 e. The van der Waals surface area contributed by atoms with Gasteiger partial charge in [-0.1, -0.05) is 12.8 Å². The molecule has 0 aromatic heterocycles. The Morgan fingerprint density at radius 2 is 1.84 bits per heavy atom. The highest BCUT2D eigenvalue weighted by atomic mass is 16.4. The van der Waals surface area contributed by atoms with E-state index >= 15 is 0 Å². The molecule has 3 rings (SSSR count). The van der Waals surface area contributed by atoms with E-state index in [0.29, 0.717) is 25.0 Å². The van der Waals surface area contributed by atoms with E-state index in [1.165, 1.54) is 19.3 Å². The Morgan fingerprint density at radius 1 is 1.11 bits per heavy atom. The predicted octanol–water partition coefficient (Wildman–Crippen LogP) is 1.78. The number of fused-ring (bicyclic) bond motifs is 1. The van der Waals surface area contributed by atoms with Crippen LogP contribution in [0.5, 0.6) is 0 Å². The van der Waals surface area contributed by atoms with Gasteiger partial charge in [-0.3, -0.25) is 4.79 Å². The van der Waals surface area contributed by atoms with Crippen molar-refractivity contribution in [3.05, 3.63) is 0 Å². The van der Waals surface area contributed by atoms with Crippen molar-refractivity contribution in [1.82, 2.24) is 9.80 Å². The van der Waals surface area contributed by atoms with Crippen molar-refractivity contribution < 1.29 is 14.7 Å². The van der Waals surface area contributed by atoms with Crippen molar-refractivity contribution in [2.45, 2.75) is 44.6 Å². The molecule has 0 aromatic rings. The van der Waals surface area contributed by atoms with Crippen molar-refractivity contribution >= 4 is 12.0 Å².